The molecule has 1 aliphatic heterocycles. The van der Waals surface area contributed by atoms with E-state index in [4.69, 9.17) is 0 Å². The van der Waals surface area contributed by atoms with E-state index >= 15 is 0 Å². The van der Waals surface area contributed by atoms with Crippen molar-refractivity contribution in [3.8, 4) is 0 Å². The summed E-state index contributed by atoms with van der Waals surface area (Å²) in [6.07, 6.45) is 0.420. The second-order valence-corrected chi connectivity index (χ2v) is 8.70. The zero-order valence-electron chi connectivity index (χ0n) is 14.6. The predicted molar refractivity (Wildman–Crippen MR) is 109 cm³/mol. The van der Waals surface area contributed by atoms with Crippen molar-refractivity contribution >= 4 is 45.2 Å². The number of nitrogens with one attached hydrogen (secondary N) is 1. The van der Waals surface area contributed by atoms with Crippen LogP contribution in [-0.2, 0) is 16.1 Å². The van der Waals surface area contributed by atoms with Crippen LogP contribution >= 0.6 is 27.7 Å². The van der Waals surface area contributed by atoms with Gasteiger partial charge in [-0.15, -0.1) is 11.8 Å². The number of benzene rings is 2. The number of amides is 2. The van der Waals surface area contributed by atoms with Crippen molar-refractivity contribution in [3.05, 3.63) is 58.6 Å². The van der Waals surface area contributed by atoms with Gasteiger partial charge in [0.25, 0.3) is 0 Å². The van der Waals surface area contributed by atoms with Gasteiger partial charge in [0.15, 0.2) is 0 Å². The summed E-state index contributed by atoms with van der Waals surface area (Å²) in [6.45, 7) is 3.26. The van der Waals surface area contributed by atoms with Gasteiger partial charge in [-0.05, 0) is 29.8 Å². The molecule has 0 saturated carbocycles. The molecule has 0 saturated heterocycles. The van der Waals surface area contributed by atoms with Gasteiger partial charge < -0.3 is 10.2 Å². The molecule has 2 aromatic rings. The highest BCUT2D eigenvalue weighted by Crippen LogP contribution is 2.38. The summed E-state index contributed by atoms with van der Waals surface area (Å²) in [5, 5.41) is 3.22. The lowest BCUT2D eigenvalue weighted by atomic mass is 10.2. The molecule has 6 heteroatoms. The smallest absolute Gasteiger partial charge is 0.227 e. The summed E-state index contributed by atoms with van der Waals surface area (Å²) < 4.78 is 0.982. The quantitative estimate of drug-likeness (QED) is 0.762. The van der Waals surface area contributed by atoms with Crippen molar-refractivity contribution in [1.29, 1.82) is 0 Å². The first kappa shape index (κ1) is 19.0. The molecule has 0 radical (unpaired) electrons. The SMILES string of the molecule is C[C@H]1CN(C(=O)CCC(=O)NCc2cccc(Br)c2)c2ccccc2S1. The summed E-state index contributed by atoms with van der Waals surface area (Å²) in [6, 6.07) is 15.7. The van der Waals surface area contributed by atoms with E-state index in [1.807, 2.05) is 53.4 Å². The minimum absolute atomic E-state index is 0.00204. The van der Waals surface area contributed by atoms with E-state index in [2.05, 4.69) is 28.2 Å². The number of carbonyl (C=O) groups is 2. The van der Waals surface area contributed by atoms with Crippen molar-refractivity contribution in [2.45, 2.75) is 36.5 Å². The number of carbonyl (C=O) groups excluding carboxylic acids is 2. The van der Waals surface area contributed by atoms with Gasteiger partial charge >= 0.3 is 0 Å². The van der Waals surface area contributed by atoms with Crippen LogP contribution < -0.4 is 10.2 Å². The number of halogens is 1. The Labute approximate surface area is 166 Å². The van der Waals surface area contributed by atoms with Gasteiger partial charge in [-0.2, -0.15) is 0 Å². The molecular formula is C20H21BrN2O2S. The molecule has 0 unspecified atom stereocenters. The van der Waals surface area contributed by atoms with Gasteiger partial charge in [-0.1, -0.05) is 47.1 Å². The van der Waals surface area contributed by atoms with Crippen molar-refractivity contribution in [3.63, 3.8) is 0 Å². The largest absolute Gasteiger partial charge is 0.352 e. The fraction of sp³-hybridized carbons (Fsp3) is 0.300. The van der Waals surface area contributed by atoms with E-state index in [1.54, 1.807) is 11.8 Å². The lowest BCUT2D eigenvalue weighted by Gasteiger charge is -2.32. The van der Waals surface area contributed by atoms with Gasteiger partial charge in [0.1, 0.15) is 0 Å². The van der Waals surface area contributed by atoms with Crippen LogP contribution in [-0.4, -0.2) is 23.6 Å². The van der Waals surface area contributed by atoms with Gasteiger partial charge in [0.05, 0.1) is 5.69 Å². The first-order valence-corrected chi connectivity index (χ1v) is 10.3. The van der Waals surface area contributed by atoms with Crippen LogP contribution in [0.5, 0.6) is 0 Å². The van der Waals surface area contributed by atoms with E-state index < -0.39 is 0 Å². The maximum absolute atomic E-state index is 12.7. The second kappa shape index (κ2) is 8.73. The van der Waals surface area contributed by atoms with E-state index in [-0.39, 0.29) is 24.7 Å². The van der Waals surface area contributed by atoms with Crippen molar-refractivity contribution in [1.82, 2.24) is 5.32 Å². The molecular weight excluding hydrogens is 412 g/mol. The Morgan fingerprint density at radius 2 is 2.00 bits per heavy atom. The lowest BCUT2D eigenvalue weighted by molar-refractivity contribution is -0.125. The zero-order valence-corrected chi connectivity index (χ0v) is 17.0. The summed E-state index contributed by atoms with van der Waals surface area (Å²) >= 11 is 5.20. The van der Waals surface area contributed by atoms with Crippen LogP contribution in [0.2, 0.25) is 0 Å². The molecule has 1 aliphatic rings. The topological polar surface area (TPSA) is 49.4 Å². The maximum Gasteiger partial charge on any atom is 0.227 e. The lowest BCUT2D eigenvalue weighted by Crippen LogP contribution is -2.39. The Hall–Kier alpha value is -1.79. The molecule has 3 rings (SSSR count). The minimum atomic E-state index is -0.106. The molecule has 1 N–H and O–H groups in total. The molecule has 0 bridgehead atoms. The minimum Gasteiger partial charge on any atom is -0.352 e. The summed E-state index contributed by atoms with van der Waals surface area (Å²) in [5.74, 6) is -0.103. The zero-order chi connectivity index (χ0) is 18.5. The number of hydrogen-bond acceptors (Lipinski definition) is 3. The average molecular weight is 433 g/mol. The molecule has 0 fully saturated rings. The third-order valence-electron chi connectivity index (χ3n) is 4.17. The van der Waals surface area contributed by atoms with E-state index in [9.17, 15) is 9.59 Å². The predicted octanol–water partition coefficient (Wildman–Crippen LogP) is 4.37. The number of anilines is 1. The Kier molecular flexibility index (Phi) is 6.38. The summed E-state index contributed by atoms with van der Waals surface area (Å²) in [4.78, 5) is 27.7. The van der Waals surface area contributed by atoms with Crippen LogP contribution in [0, 0.1) is 0 Å². The summed E-state index contributed by atoms with van der Waals surface area (Å²) in [7, 11) is 0. The molecule has 2 aromatic carbocycles. The molecule has 0 spiro atoms. The first-order valence-electron chi connectivity index (χ1n) is 8.60. The second-order valence-electron chi connectivity index (χ2n) is 6.31. The number of rotatable bonds is 5. The van der Waals surface area contributed by atoms with Gasteiger partial charge in [0, 0.05) is 40.5 Å². The highest BCUT2D eigenvalue weighted by Gasteiger charge is 2.26. The number of fused-ring (bicyclic) bond motifs is 1. The standard InChI is InChI=1S/C20H21BrN2O2S/c1-14-13-23(17-7-2-3-8-18(17)26-14)20(25)10-9-19(24)22-12-15-5-4-6-16(21)11-15/h2-8,11,14H,9-10,12-13H2,1H3,(H,22,24)/t14-/m0/s1. The highest BCUT2D eigenvalue weighted by molar-refractivity contribution is 9.10. The fourth-order valence-electron chi connectivity index (χ4n) is 2.92. The molecule has 0 aliphatic carbocycles. The summed E-state index contributed by atoms with van der Waals surface area (Å²) in [5.41, 5.74) is 1.98. The Morgan fingerprint density at radius 3 is 2.81 bits per heavy atom. The average Bonchev–Trinajstić information content (AvgIpc) is 2.63. The molecule has 136 valence electrons. The fourth-order valence-corrected chi connectivity index (χ4v) is 4.48. The number of thioether (sulfide) groups is 1. The molecule has 0 aromatic heterocycles. The monoisotopic (exact) mass is 432 g/mol. The molecule has 4 nitrogen and oxygen atoms in total. The van der Waals surface area contributed by atoms with Gasteiger partial charge in [-0.25, -0.2) is 0 Å². The van der Waals surface area contributed by atoms with Crippen LogP contribution in [0.1, 0.15) is 25.3 Å². The third kappa shape index (κ3) is 4.89. The van der Waals surface area contributed by atoms with Crippen molar-refractivity contribution in [2.75, 3.05) is 11.4 Å². The van der Waals surface area contributed by atoms with Crippen molar-refractivity contribution < 1.29 is 9.59 Å². The molecule has 1 atom stereocenters. The number of nitrogens with zero attached hydrogens (tertiary/aromatic N) is 1. The Morgan fingerprint density at radius 1 is 1.19 bits per heavy atom. The third-order valence-corrected chi connectivity index (χ3v) is 5.81. The number of para-hydroxylation sites is 1. The highest BCUT2D eigenvalue weighted by atomic mass is 79.9. The van der Waals surface area contributed by atoms with Gasteiger partial charge in [0.2, 0.25) is 11.8 Å². The van der Waals surface area contributed by atoms with E-state index in [0.717, 1.165) is 20.6 Å². The molecule has 26 heavy (non-hydrogen) atoms. The van der Waals surface area contributed by atoms with Crippen molar-refractivity contribution in [2.24, 2.45) is 0 Å². The van der Waals surface area contributed by atoms with Crippen LogP contribution in [0.3, 0.4) is 0 Å². The molecule has 1 heterocycles. The number of hydrogen-bond donors (Lipinski definition) is 1. The molecule has 2 amide bonds. The first-order chi connectivity index (χ1) is 12.5. The van der Waals surface area contributed by atoms with Crippen LogP contribution in [0.15, 0.2) is 57.9 Å². The van der Waals surface area contributed by atoms with E-state index in [0.29, 0.717) is 18.3 Å². The van der Waals surface area contributed by atoms with Crippen LogP contribution in [0.25, 0.3) is 0 Å². The Bertz CT molecular complexity index is 812. The Balaban J connectivity index is 1.53. The van der Waals surface area contributed by atoms with Gasteiger partial charge in [-0.3, -0.25) is 9.59 Å². The van der Waals surface area contributed by atoms with Crippen LogP contribution in [0.4, 0.5) is 5.69 Å². The maximum atomic E-state index is 12.7. The normalized spacial score (nSPS) is 16.1. The van der Waals surface area contributed by atoms with E-state index in [1.165, 1.54) is 0 Å².